The van der Waals surface area contributed by atoms with Crippen molar-refractivity contribution in [3.8, 4) is 5.75 Å². The van der Waals surface area contributed by atoms with Gasteiger partial charge in [-0.2, -0.15) is 0 Å². The van der Waals surface area contributed by atoms with Crippen LogP contribution in [0.25, 0.3) is 0 Å². The first kappa shape index (κ1) is 12.3. The van der Waals surface area contributed by atoms with Gasteiger partial charge in [-0.15, -0.1) is 5.10 Å². The number of hydrogen-bond acceptors (Lipinski definition) is 4. The fourth-order valence-electron chi connectivity index (χ4n) is 1.61. The van der Waals surface area contributed by atoms with E-state index < -0.39 is 0 Å². The molecular formula is C13H15N3O2. The molecule has 0 aliphatic carbocycles. The van der Waals surface area contributed by atoms with E-state index in [4.69, 9.17) is 4.74 Å². The minimum atomic E-state index is 0.156. The average Bonchev–Trinajstić information content (AvgIpc) is 2.74. The normalized spacial score (nSPS) is 10.3. The fourth-order valence-corrected chi connectivity index (χ4v) is 1.61. The van der Waals surface area contributed by atoms with Gasteiger partial charge in [-0.1, -0.05) is 17.3 Å². The van der Waals surface area contributed by atoms with Crippen molar-refractivity contribution in [1.29, 1.82) is 0 Å². The second kappa shape index (κ2) is 5.44. The highest BCUT2D eigenvalue weighted by atomic mass is 16.5. The number of ether oxygens (including phenoxy) is 1. The molecular weight excluding hydrogens is 230 g/mol. The SMILES string of the molecule is CC(=O)Cc1ccc(OCc2cn(C)nn2)cc1. The summed E-state index contributed by atoms with van der Waals surface area (Å²) in [5.74, 6) is 0.913. The number of benzene rings is 1. The lowest BCUT2D eigenvalue weighted by Gasteiger charge is -2.04. The summed E-state index contributed by atoms with van der Waals surface area (Å²) in [5, 5.41) is 7.76. The van der Waals surface area contributed by atoms with Gasteiger partial charge in [-0.25, -0.2) is 0 Å². The van der Waals surface area contributed by atoms with Gasteiger partial charge in [0, 0.05) is 13.5 Å². The van der Waals surface area contributed by atoms with Crippen molar-refractivity contribution in [1.82, 2.24) is 15.0 Å². The van der Waals surface area contributed by atoms with E-state index >= 15 is 0 Å². The Morgan fingerprint density at radius 1 is 1.33 bits per heavy atom. The maximum Gasteiger partial charge on any atom is 0.134 e. The number of nitrogens with zero attached hydrogens (tertiary/aromatic N) is 3. The van der Waals surface area contributed by atoms with E-state index in [0.717, 1.165) is 17.0 Å². The molecule has 0 bridgehead atoms. The van der Waals surface area contributed by atoms with Crippen LogP contribution in [0.4, 0.5) is 0 Å². The topological polar surface area (TPSA) is 57.0 Å². The Bertz CT molecular complexity index is 531. The molecule has 0 saturated carbocycles. The number of carbonyl (C=O) groups excluding carboxylic acids is 1. The monoisotopic (exact) mass is 245 g/mol. The quantitative estimate of drug-likeness (QED) is 0.801. The molecule has 0 fully saturated rings. The average molecular weight is 245 g/mol. The third kappa shape index (κ3) is 3.41. The van der Waals surface area contributed by atoms with Crippen LogP contribution in [0.1, 0.15) is 18.2 Å². The molecule has 5 heteroatoms. The standard InChI is InChI=1S/C13H15N3O2/c1-10(17)7-11-3-5-13(6-4-11)18-9-12-8-16(2)15-14-12/h3-6,8H,7,9H2,1-2H3. The lowest BCUT2D eigenvalue weighted by atomic mass is 10.1. The molecule has 2 rings (SSSR count). The molecule has 1 heterocycles. The molecule has 0 radical (unpaired) electrons. The van der Waals surface area contributed by atoms with Crippen molar-refractivity contribution in [3.63, 3.8) is 0 Å². The van der Waals surface area contributed by atoms with Gasteiger partial charge in [0.15, 0.2) is 0 Å². The zero-order valence-electron chi connectivity index (χ0n) is 10.5. The van der Waals surface area contributed by atoms with Crippen molar-refractivity contribution in [3.05, 3.63) is 41.7 Å². The molecule has 1 aromatic heterocycles. The highest BCUT2D eigenvalue weighted by molar-refractivity contribution is 5.78. The van der Waals surface area contributed by atoms with Gasteiger partial charge in [0.05, 0.1) is 6.20 Å². The zero-order chi connectivity index (χ0) is 13.0. The van der Waals surface area contributed by atoms with E-state index in [1.165, 1.54) is 0 Å². The Kier molecular flexibility index (Phi) is 3.72. The maximum atomic E-state index is 11.0. The van der Waals surface area contributed by atoms with Crippen LogP contribution < -0.4 is 4.74 Å². The summed E-state index contributed by atoms with van der Waals surface area (Å²) in [6, 6.07) is 7.50. The Morgan fingerprint density at radius 2 is 2.06 bits per heavy atom. The Balaban J connectivity index is 1.92. The molecule has 0 amide bonds. The molecule has 94 valence electrons. The predicted molar refractivity (Wildman–Crippen MR) is 66.2 cm³/mol. The van der Waals surface area contributed by atoms with Crippen LogP contribution in [0.3, 0.4) is 0 Å². The smallest absolute Gasteiger partial charge is 0.134 e. The second-order valence-electron chi connectivity index (χ2n) is 4.19. The third-order valence-electron chi connectivity index (χ3n) is 2.41. The zero-order valence-corrected chi connectivity index (χ0v) is 10.5. The van der Waals surface area contributed by atoms with E-state index in [-0.39, 0.29) is 5.78 Å². The molecule has 1 aromatic carbocycles. The summed E-state index contributed by atoms with van der Waals surface area (Å²) < 4.78 is 7.20. The number of rotatable bonds is 5. The van der Waals surface area contributed by atoms with Crippen LogP contribution in [0.5, 0.6) is 5.75 Å². The molecule has 0 aliphatic heterocycles. The Hall–Kier alpha value is -2.17. The number of aryl methyl sites for hydroxylation is 1. The van der Waals surface area contributed by atoms with Crippen LogP contribution >= 0.6 is 0 Å². The van der Waals surface area contributed by atoms with Gasteiger partial charge in [0.2, 0.25) is 0 Å². The van der Waals surface area contributed by atoms with Crippen LogP contribution in [-0.4, -0.2) is 20.8 Å². The maximum absolute atomic E-state index is 11.0. The van der Waals surface area contributed by atoms with Crippen LogP contribution in [0.2, 0.25) is 0 Å². The summed E-state index contributed by atoms with van der Waals surface area (Å²) in [7, 11) is 1.81. The van der Waals surface area contributed by atoms with Crippen molar-refractivity contribution in [2.75, 3.05) is 0 Å². The molecule has 18 heavy (non-hydrogen) atoms. The first-order chi connectivity index (χ1) is 8.63. The first-order valence-electron chi connectivity index (χ1n) is 5.70. The second-order valence-corrected chi connectivity index (χ2v) is 4.19. The summed E-state index contributed by atoms with van der Waals surface area (Å²) in [5.41, 5.74) is 1.78. The van der Waals surface area contributed by atoms with E-state index in [1.807, 2.05) is 37.5 Å². The Morgan fingerprint density at radius 3 is 2.61 bits per heavy atom. The number of carbonyl (C=O) groups is 1. The largest absolute Gasteiger partial charge is 0.487 e. The first-order valence-corrected chi connectivity index (χ1v) is 5.70. The van der Waals surface area contributed by atoms with Gasteiger partial charge < -0.3 is 4.74 Å². The highest BCUT2D eigenvalue weighted by Gasteiger charge is 2.01. The molecule has 0 saturated heterocycles. The summed E-state index contributed by atoms with van der Waals surface area (Å²) in [4.78, 5) is 11.0. The molecule has 0 atom stereocenters. The van der Waals surface area contributed by atoms with Crippen LogP contribution in [-0.2, 0) is 24.9 Å². The minimum absolute atomic E-state index is 0.156. The lowest BCUT2D eigenvalue weighted by molar-refractivity contribution is -0.116. The van der Waals surface area contributed by atoms with Crippen molar-refractivity contribution in [2.45, 2.75) is 20.0 Å². The van der Waals surface area contributed by atoms with E-state index in [1.54, 1.807) is 11.6 Å². The predicted octanol–water partition coefficient (Wildman–Crippen LogP) is 1.53. The minimum Gasteiger partial charge on any atom is -0.487 e. The van der Waals surface area contributed by atoms with Gasteiger partial charge >= 0.3 is 0 Å². The summed E-state index contributed by atoms with van der Waals surface area (Å²) in [6.45, 7) is 1.97. The number of ketones is 1. The highest BCUT2D eigenvalue weighted by Crippen LogP contribution is 2.14. The van der Waals surface area contributed by atoms with Crippen molar-refractivity contribution < 1.29 is 9.53 Å². The van der Waals surface area contributed by atoms with E-state index in [9.17, 15) is 4.79 Å². The lowest BCUT2D eigenvalue weighted by Crippen LogP contribution is -1.98. The molecule has 0 aliphatic rings. The number of aromatic nitrogens is 3. The van der Waals surface area contributed by atoms with E-state index in [2.05, 4.69) is 10.3 Å². The molecule has 0 unspecified atom stereocenters. The van der Waals surface area contributed by atoms with Gasteiger partial charge in [0.1, 0.15) is 23.8 Å². The van der Waals surface area contributed by atoms with E-state index in [0.29, 0.717) is 13.0 Å². The van der Waals surface area contributed by atoms with Crippen LogP contribution in [0, 0.1) is 0 Å². The van der Waals surface area contributed by atoms with Gasteiger partial charge in [-0.3, -0.25) is 9.48 Å². The molecule has 5 nitrogen and oxygen atoms in total. The fraction of sp³-hybridized carbons (Fsp3) is 0.308. The van der Waals surface area contributed by atoms with Crippen molar-refractivity contribution >= 4 is 5.78 Å². The Labute approximate surface area is 105 Å². The van der Waals surface area contributed by atoms with Gasteiger partial charge in [0.25, 0.3) is 0 Å². The molecule has 2 aromatic rings. The molecule has 0 spiro atoms. The number of Topliss-reactive ketones (excluding diaryl/α,β-unsaturated/α-hetero) is 1. The van der Waals surface area contributed by atoms with Crippen LogP contribution in [0.15, 0.2) is 30.5 Å². The number of hydrogen-bond donors (Lipinski definition) is 0. The molecule has 0 N–H and O–H groups in total. The summed E-state index contributed by atoms with van der Waals surface area (Å²) >= 11 is 0. The third-order valence-corrected chi connectivity index (χ3v) is 2.41. The summed E-state index contributed by atoms with van der Waals surface area (Å²) in [6.07, 6.45) is 2.27. The van der Waals surface area contributed by atoms with Crippen molar-refractivity contribution in [2.24, 2.45) is 7.05 Å². The van der Waals surface area contributed by atoms with Gasteiger partial charge in [-0.05, 0) is 24.6 Å².